The minimum absolute atomic E-state index is 0.278. The SMILES string of the molecule is COC(=O)[C@H](Cc1cnc[nH]1)NS(=O)(=O)C(F)(F)F. The monoisotopic (exact) mass is 301 g/mol. The average molecular weight is 301 g/mol. The first-order valence-electron chi connectivity index (χ1n) is 4.81. The summed E-state index contributed by atoms with van der Waals surface area (Å²) in [5, 5.41) is 0. The smallest absolute Gasteiger partial charge is 0.468 e. The van der Waals surface area contributed by atoms with Gasteiger partial charge in [0.1, 0.15) is 6.04 Å². The molecule has 0 unspecified atom stereocenters. The van der Waals surface area contributed by atoms with Crippen LogP contribution in [0.15, 0.2) is 12.5 Å². The van der Waals surface area contributed by atoms with Gasteiger partial charge in [-0.2, -0.15) is 17.9 Å². The number of sulfonamides is 1. The molecule has 1 heterocycles. The molecule has 1 atom stereocenters. The van der Waals surface area contributed by atoms with Crippen LogP contribution in [0, 0.1) is 0 Å². The quantitative estimate of drug-likeness (QED) is 0.742. The summed E-state index contributed by atoms with van der Waals surface area (Å²) in [7, 11) is -4.71. The highest BCUT2D eigenvalue weighted by Gasteiger charge is 2.47. The summed E-state index contributed by atoms with van der Waals surface area (Å²) in [4.78, 5) is 17.4. The summed E-state index contributed by atoms with van der Waals surface area (Å²) in [6.07, 6.45) is 2.14. The van der Waals surface area contributed by atoms with Crippen molar-refractivity contribution in [3.8, 4) is 0 Å². The normalized spacial score (nSPS) is 14.1. The van der Waals surface area contributed by atoms with Gasteiger partial charge in [0.15, 0.2) is 0 Å². The van der Waals surface area contributed by atoms with Crippen LogP contribution < -0.4 is 4.72 Å². The molecular weight excluding hydrogens is 291 g/mol. The van der Waals surface area contributed by atoms with E-state index in [-0.39, 0.29) is 12.1 Å². The number of methoxy groups -OCH3 is 1. The van der Waals surface area contributed by atoms with Crippen molar-refractivity contribution in [1.82, 2.24) is 14.7 Å². The average Bonchev–Trinajstić information content (AvgIpc) is 2.78. The van der Waals surface area contributed by atoms with Gasteiger partial charge in [0.05, 0.1) is 13.4 Å². The van der Waals surface area contributed by atoms with E-state index in [4.69, 9.17) is 0 Å². The zero-order chi connectivity index (χ0) is 14.7. The molecule has 0 radical (unpaired) electrons. The fraction of sp³-hybridized carbons (Fsp3) is 0.500. The van der Waals surface area contributed by atoms with Crippen LogP contribution >= 0.6 is 0 Å². The number of esters is 1. The highest BCUT2D eigenvalue weighted by atomic mass is 32.2. The van der Waals surface area contributed by atoms with Crippen LogP contribution in [0.1, 0.15) is 5.69 Å². The number of carbonyl (C=O) groups excluding carboxylic acids is 1. The van der Waals surface area contributed by atoms with E-state index in [1.807, 2.05) is 0 Å². The Hall–Kier alpha value is -1.62. The van der Waals surface area contributed by atoms with Crippen molar-refractivity contribution in [3.05, 3.63) is 18.2 Å². The van der Waals surface area contributed by atoms with Crippen molar-refractivity contribution in [2.45, 2.75) is 18.0 Å². The molecule has 0 saturated carbocycles. The summed E-state index contributed by atoms with van der Waals surface area (Å²) in [5.74, 6) is -1.14. The van der Waals surface area contributed by atoms with Crippen LogP contribution in [0.5, 0.6) is 0 Å². The fourth-order valence-electron chi connectivity index (χ4n) is 1.19. The molecule has 1 aromatic rings. The van der Waals surface area contributed by atoms with Crippen molar-refractivity contribution in [2.24, 2.45) is 0 Å². The molecule has 0 spiro atoms. The molecule has 108 valence electrons. The second kappa shape index (κ2) is 5.57. The first-order chi connectivity index (χ1) is 8.67. The fourth-order valence-corrected chi connectivity index (χ4v) is 1.87. The third-order valence-electron chi connectivity index (χ3n) is 2.07. The molecule has 0 amide bonds. The summed E-state index contributed by atoms with van der Waals surface area (Å²) >= 11 is 0. The summed E-state index contributed by atoms with van der Waals surface area (Å²) in [6.45, 7) is 0. The van der Waals surface area contributed by atoms with Crippen molar-refractivity contribution in [2.75, 3.05) is 7.11 Å². The minimum Gasteiger partial charge on any atom is -0.468 e. The van der Waals surface area contributed by atoms with Crippen LogP contribution in [-0.4, -0.2) is 43.0 Å². The summed E-state index contributed by atoms with van der Waals surface area (Å²) < 4.78 is 64.0. The molecule has 0 saturated heterocycles. The Morgan fingerprint density at radius 1 is 1.58 bits per heavy atom. The molecule has 0 fully saturated rings. The van der Waals surface area contributed by atoms with Crippen LogP contribution in [0.3, 0.4) is 0 Å². The van der Waals surface area contributed by atoms with Gasteiger partial charge in [-0.15, -0.1) is 0 Å². The number of H-pyrrole nitrogens is 1. The molecular formula is C8H10F3N3O4S. The maximum atomic E-state index is 12.2. The van der Waals surface area contributed by atoms with Gasteiger partial charge in [0.2, 0.25) is 0 Å². The number of carbonyl (C=O) groups is 1. The van der Waals surface area contributed by atoms with Gasteiger partial charge in [0.25, 0.3) is 0 Å². The maximum Gasteiger partial charge on any atom is 0.511 e. The number of rotatable bonds is 5. The van der Waals surface area contributed by atoms with Crippen LogP contribution in [0.4, 0.5) is 13.2 Å². The molecule has 0 bridgehead atoms. The van der Waals surface area contributed by atoms with Crippen molar-refractivity contribution >= 4 is 16.0 Å². The Bertz CT molecular complexity index is 526. The van der Waals surface area contributed by atoms with Gasteiger partial charge in [0, 0.05) is 18.3 Å². The topological polar surface area (TPSA) is 101 Å². The number of hydrogen-bond acceptors (Lipinski definition) is 5. The molecule has 0 aliphatic heterocycles. The summed E-state index contributed by atoms with van der Waals surface area (Å²) in [6, 6.07) is -1.70. The molecule has 19 heavy (non-hydrogen) atoms. The predicted octanol–water partition coefficient (Wildman–Crippen LogP) is -0.0670. The lowest BCUT2D eigenvalue weighted by molar-refractivity contribution is -0.142. The van der Waals surface area contributed by atoms with Crippen LogP contribution in [0.2, 0.25) is 0 Å². The highest BCUT2D eigenvalue weighted by Crippen LogP contribution is 2.22. The largest absolute Gasteiger partial charge is 0.511 e. The lowest BCUT2D eigenvalue weighted by Crippen LogP contribution is -2.47. The number of hydrogen-bond donors (Lipinski definition) is 2. The molecule has 1 rings (SSSR count). The summed E-state index contributed by atoms with van der Waals surface area (Å²) in [5.41, 5.74) is -5.23. The first kappa shape index (κ1) is 15.4. The van der Waals surface area contributed by atoms with E-state index in [2.05, 4.69) is 14.7 Å². The van der Waals surface area contributed by atoms with Crippen molar-refractivity contribution in [1.29, 1.82) is 0 Å². The van der Waals surface area contributed by atoms with Crippen molar-refractivity contribution in [3.63, 3.8) is 0 Å². The zero-order valence-corrected chi connectivity index (χ0v) is 10.4. The predicted molar refractivity (Wildman–Crippen MR) is 56.2 cm³/mol. The lowest BCUT2D eigenvalue weighted by atomic mass is 10.2. The van der Waals surface area contributed by atoms with E-state index in [0.717, 1.165) is 7.11 Å². The first-order valence-corrected chi connectivity index (χ1v) is 6.29. The highest BCUT2D eigenvalue weighted by molar-refractivity contribution is 7.90. The van der Waals surface area contributed by atoms with E-state index in [0.29, 0.717) is 0 Å². The second-order valence-electron chi connectivity index (χ2n) is 3.42. The second-order valence-corrected chi connectivity index (χ2v) is 5.13. The molecule has 1 aromatic heterocycles. The number of halogens is 3. The van der Waals surface area contributed by atoms with E-state index < -0.39 is 27.5 Å². The minimum atomic E-state index is -5.64. The molecule has 0 aliphatic carbocycles. The molecule has 7 nitrogen and oxygen atoms in total. The van der Waals surface area contributed by atoms with E-state index >= 15 is 0 Å². The van der Waals surface area contributed by atoms with Gasteiger partial charge in [-0.3, -0.25) is 4.79 Å². The van der Waals surface area contributed by atoms with Gasteiger partial charge >= 0.3 is 21.5 Å². The van der Waals surface area contributed by atoms with Crippen molar-refractivity contribution < 1.29 is 31.1 Å². The van der Waals surface area contributed by atoms with E-state index in [1.54, 1.807) is 0 Å². The number of nitrogens with one attached hydrogen (secondary N) is 2. The van der Waals surface area contributed by atoms with Gasteiger partial charge in [-0.05, 0) is 0 Å². The molecule has 0 aliphatic rings. The Labute approximate surface area is 106 Å². The molecule has 2 N–H and O–H groups in total. The Morgan fingerprint density at radius 2 is 2.21 bits per heavy atom. The van der Waals surface area contributed by atoms with Crippen LogP contribution in [-0.2, 0) is 26.0 Å². The number of aromatic amines is 1. The van der Waals surface area contributed by atoms with E-state index in [1.165, 1.54) is 17.2 Å². The maximum absolute atomic E-state index is 12.2. The number of alkyl halides is 3. The van der Waals surface area contributed by atoms with Gasteiger partial charge in [-0.1, -0.05) is 0 Å². The van der Waals surface area contributed by atoms with E-state index in [9.17, 15) is 26.4 Å². The Morgan fingerprint density at radius 3 is 2.63 bits per heavy atom. The third kappa shape index (κ3) is 3.92. The van der Waals surface area contributed by atoms with Gasteiger partial charge in [-0.25, -0.2) is 13.4 Å². The van der Waals surface area contributed by atoms with Crippen LogP contribution in [0.25, 0.3) is 0 Å². The number of ether oxygens (including phenoxy) is 1. The zero-order valence-electron chi connectivity index (χ0n) is 9.56. The number of imidazole rings is 1. The Kier molecular flexibility index (Phi) is 4.52. The lowest BCUT2D eigenvalue weighted by Gasteiger charge is -2.16. The molecule has 0 aromatic carbocycles. The molecule has 11 heteroatoms. The number of aromatic nitrogens is 2. The standard InChI is InChI=1S/C8H10F3N3O4S/c1-18-7(15)6(2-5-3-12-4-13-5)14-19(16,17)8(9,10)11/h3-4,6,14H,2H2,1H3,(H,12,13)/t6-/m0/s1. The third-order valence-corrected chi connectivity index (χ3v) is 3.27. The number of nitrogens with zero attached hydrogens (tertiary/aromatic N) is 1. The van der Waals surface area contributed by atoms with Gasteiger partial charge < -0.3 is 9.72 Å². The Balaban J connectivity index is 2.91.